The number of aliphatic imine (C=N–C) groups is 1. The number of rotatable bonds is 7. The fourth-order valence-corrected chi connectivity index (χ4v) is 7.83. The lowest BCUT2D eigenvalue weighted by atomic mass is 9.77. The van der Waals surface area contributed by atoms with E-state index in [9.17, 15) is 0 Å². The number of para-hydroxylation sites is 1. The second kappa shape index (κ2) is 12.1. The van der Waals surface area contributed by atoms with Crippen LogP contribution in [0.4, 0.5) is 5.69 Å². The number of aryl methyl sites for hydroxylation is 2. The zero-order chi connectivity index (χ0) is 31.9. The fourth-order valence-electron chi connectivity index (χ4n) is 7.83. The van der Waals surface area contributed by atoms with Crippen LogP contribution in [0.5, 0.6) is 0 Å². The predicted molar refractivity (Wildman–Crippen MR) is 202 cm³/mol. The van der Waals surface area contributed by atoms with E-state index in [1.165, 1.54) is 72.0 Å². The van der Waals surface area contributed by atoms with E-state index < -0.39 is 0 Å². The Kier molecular flexibility index (Phi) is 7.46. The first-order chi connectivity index (χ1) is 23.1. The summed E-state index contributed by atoms with van der Waals surface area (Å²) in [5.74, 6) is 0. The summed E-state index contributed by atoms with van der Waals surface area (Å²) in [6.07, 6.45) is 21.9. The van der Waals surface area contributed by atoms with Gasteiger partial charge < -0.3 is 9.88 Å². The van der Waals surface area contributed by atoms with Gasteiger partial charge in [-0.15, -0.1) is 0 Å². The fraction of sp³-hybridized carbons (Fsp3) is 0.159. The van der Waals surface area contributed by atoms with E-state index in [-0.39, 0.29) is 0 Å². The number of hydrogen-bond donors (Lipinski definition) is 1. The highest BCUT2D eigenvalue weighted by Gasteiger charge is 2.26. The van der Waals surface area contributed by atoms with E-state index in [1.807, 2.05) is 19.1 Å². The molecule has 0 aliphatic heterocycles. The van der Waals surface area contributed by atoms with E-state index in [1.54, 1.807) is 6.08 Å². The molecule has 1 N–H and O–H groups in total. The molecule has 0 fully saturated rings. The first-order valence-corrected chi connectivity index (χ1v) is 16.8. The molecule has 47 heavy (non-hydrogen) atoms. The number of hydrogen-bond acceptors (Lipinski definition) is 2. The third-order valence-corrected chi connectivity index (χ3v) is 10.1. The van der Waals surface area contributed by atoms with Gasteiger partial charge in [-0.25, -0.2) is 0 Å². The van der Waals surface area contributed by atoms with Gasteiger partial charge in [0.05, 0.1) is 16.9 Å². The van der Waals surface area contributed by atoms with Gasteiger partial charge in [0.1, 0.15) is 0 Å². The second-order valence-corrected chi connectivity index (χ2v) is 12.7. The summed E-state index contributed by atoms with van der Waals surface area (Å²) >= 11 is 0. The van der Waals surface area contributed by atoms with Crippen LogP contribution >= 0.6 is 0 Å². The molecule has 5 aromatic rings. The minimum atomic E-state index is 0.835. The molecule has 0 saturated carbocycles. The van der Waals surface area contributed by atoms with Crippen molar-refractivity contribution in [1.29, 1.82) is 0 Å². The summed E-state index contributed by atoms with van der Waals surface area (Å²) < 4.78 is 2.46. The Bertz CT molecular complexity index is 2250. The molecule has 230 valence electrons. The van der Waals surface area contributed by atoms with Gasteiger partial charge in [0.15, 0.2) is 0 Å². The van der Waals surface area contributed by atoms with Gasteiger partial charge in [0.25, 0.3) is 0 Å². The Morgan fingerprint density at radius 1 is 0.766 bits per heavy atom. The molecule has 4 aromatic carbocycles. The molecule has 3 nitrogen and oxygen atoms in total. The molecule has 0 amide bonds. The third kappa shape index (κ3) is 5.03. The molecule has 0 bridgehead atoms. The van der Waals surface area contributed by atoms with E-state index in [2.05, 4.69) is 125 Å². The molecular weight excluding hydrogens is 571 g/mol. The number of fused-ring (bicyclic) bond motifs is 9. The molecule has 0 unspecified atom stereocenters. The number of benzene rings is 4. The average molecular weight is 610 g/mol. The largest absolute Gasteiger partial charge is 0.354 e. The Morgan fingerprint density at radius 3 is 2.19 bits per heavy atom. The Balaban J connectivity index is 1.18. The van der Waals surface area contributed by atoms with Crippen molar-refractivity contribution in [2.24, 2.45) is 4.99 Å². The van der Waals surface area contributed by atoms with Gasteiger partial charge in [-0.1, -0.05) is 79.4 Å². The second-order valence-electron chi connectivity index (χ2n) is 12.7. The maximum Gasteiger partial charge on any atom is 0.0599 e. The Morgan fingerprint density at radius 2 is 1.45 bits per heavy atom. The molecule has 3 aliphatic carbocycles. The summed E-state index contributed by atoms with van der Waals surface area (Å²) in [6.45, 7) is 9.45. The van der Waals surface area contributed by atoms with Crippen molar-refractivity contribution in [2.45, 2.75) is 45.4 Å². The average Bonchev–Trinajstić information content (AvgIpc) is 3.47. The molecule has 0 atom stereocenters. The normalized spacial score (nSPS) is 15.9. The lowest BCUT2D eigenvalue weighted by Crippen LogP contribution is -2.11. The SMILES string of the molecule is C=C/C=C\C(Nc1ccc(-n2c3c(c4ccccc42)C=C(C2=Cc4c5c(c6ccccc6c4CC2)CCC=C5)CC3)cc1)=C(/C)N=C. The molecule has 3 heteroatoms. The molecule has 8 rings (SSSR count). The number of allylic oxidation sites excluding steroid dienone is 7. The van der Waals surface area contributed by atoms with Crippen LogP contribution in [0.3, 0.4) is 0 Å². The monoisotopic (exact) mass is 609 g/mol. The highest BCUT2D eigenvalue weighted by molar-refractivity contribution is 5.98. The summed E-state index contributed by atoms with van der Waals surface area (Å²) in [7, 11) is 0. The lowest BCUT2D eigenvalue weighted by molar-refractivity contribution is 0.837. The van der Waals surface area contributed by atoms with Crippen LogP contribution in [0.1, 0.15) is 59.7 Å². The van der Waals surface area contributed by atoms with Crippen LogP contribution in [0, 0.1) is 0 Å². The van der Waals surface area contributed by atoms with Crippen LogP contribution in [0.25, 0.3) is 45.6 Å². The van der Waals surface area contributed by atoms with Gasteiger partial charge in [0, 0.05) is 28.0 Å². The number of nitrogens with one attached hydrogen (secondary N) is 1. The van der Waals surface area contributed by atoms with Crippen LogP contribution in [0.15, 0.2) is 131 Å². The van der Waals surface area contributed by atoms with Crippen molar-refractivity contribution < 1.29 is 0 Å². The van der Waals surface area contributed by atoms with Gasteiger partial charge in [-0.3, -0.25) is 4.99 Å². The van der Waals surface area contributed by atoms with Crippen molar-refractivity contribution >= 4 is 52.3 Å². The molecule has 3 aliphatic rings. The summed E-state index contributed by atoms with van der Waals surface area (Å²) in [5, 5.41) is 7.71. The van der Waals surface area contributed by atoms with Crippen LogP contribution < -0.4 is 5.32 Å². The van der Waals surface area contributed by atoms with E-state index >= 15 is 0 Å². The Labute approximate surface area is 277 Å². The van der Waals surface area contributed by atoms with Crippen LogP contribution in [-0.2, 0) is 19.3 Å². The van der Waals surface area contributed by atoms with Crippen molar-refractivity contribution in [1.82, 2.24) is 4.57 Å². The van der Waals surface area contributed by atoms with Crippen molar-refractivity contribution in [3.63, 3.8) is 0 Å². The zero-order valence-electron chi connectivity index (χ0n) is 27.0. The standard InChI is InChI=1S/C44H39N3/c1-4-5-17-42(29(2)45-3)46-32-21-23-33(24-22-32)47-43-18-11-10-16-39(43)41-28-31(20-26-44(41)47)30-19-25-38-36-14-7-6-12-34(36)35-13-8-9-15-37(35)40(38)27-30/h4-7,9-12,14-18,21-24,27-28,46H,1,3,8,13,19-20,25-26H2,2H3/b17-5-,42-29-. The summed E-state index contributed by atoms with van der Waals surface area (Å²) in [6, 6.07) is 26.6. The van der Waals surface area contributed by atoms with Gasteiger partial charge in [0.2, 0.25) is 0 Å². The first kappa shape index (κ1) is 29.0. The van der Waals surface area contributed by atoms with Crippen molar-refractivity contribution in [2.75, 3.05) is 5.32 Å². The molecule has 0 spiro atoms. The molecular formula is C44H39N3. The van der Waals surface area contributed by atoms with Gasteiger partial charge in [-0.2, -0.15) is 0 Å². The first-order valence-electron chi connectivity index (χ1n) is 16.8. The smallest absolute Gasteiger partial charge is 0.0599 e. The number of aromatic nitrogens is 1. The minimum absolute atomic E-state index is 0.835. The topological polar surface area (TPSA) is 29.3 Å². The number of nitrogens with zero attached hydrogens (tertiary/aromatic N) is 2. The molecule has 0 radical (unpaired) electrons. The third-order valence-electron chi connectivity index (χ3n) is 10.1. The maximum absolute atomic E-state index is 4.13. The predicted octanol–water partition coefficient (Wildman–Crippen LogP) is 11.2. The summed E-state index contributed by atoms with van der Waals surface area (Å²) in [5.41, 5.74) is 16.9. The van der Waals surface area contributed by atoms with E-state index in [0.29, 0.717) is 0 Å². The van der Waals surface area contributed by atoms with E-state index in [0.717, 1.165) is 55.6 Å². The van der Waals surface area contributed by atoms with E-state index in [4.69, 9.17) is 0 Å². The lowest BCUT2D eigenvalue weighted by Gasteiger charge is -2.27. The van der Waals surface area contributed by atoms with Crippen LogP contribution in [-0.4, -0.2) is 11.3 Å². The zero-order valence-corrected chi connectivity index (χ0v) is 27.0. The van der Waals surface area contributed by atoms with Gasteiger partial charge >= 0.3 is 0 Å². The van der Waals surface area contributed by atoms with Crippen molar-refractivity contribution in [3.05, 3.63) is 160 Å². The summed E-state index contributed by atoms with van der Waals surface area (Å²) in [4.78, 5) is 4.13. The highest BCUT2D eigenvalue weighted by Crippen LogP contribution is 2.43. The minimum Gasteiger partial charge on any atom is -0.354 e. The molecule has 1 aromatic heterocycles. The number of anilines is 1. The highest BCUT2D eigenvalue weighted by atomic mass is 15.0. The van der Waals surface area contributed by atoms with Crippen LogP contribution in [0.2, 0.25) is 0 Å². The molecule has 0 saturated heterocycles. The molecule has 1 heterocycles. The van der Waals surface area contributed by atoms with Gasteiger partial charge in [-0.05, 0) is 139 Å². The van der Waals surface area contributed by atoms with Crippen molar-refractivity contribution in [3.8, 4) is 5.69 Å². The quantitative estimate of drug-likeness (QED) is 0.144. The Hall–Kier alpha value is -5.41. The maximum atomic E-state index is 4.13.